The minimum Gasteiger partial charge on any atom is -0.507 e. The third-order valence-corrected chi connectivity index (χ3v) is 3.51. The second-order valence-electron chi connectivity index (χ2n) is 5.14. The number of para-hydroxylation sites is 1. The van der Waals surface area contributed by atoms with Crippen molar-refractivity contribution < 1.29 is 30.3 Å². The fourth-order valence-electron chi connectivity index (χ4n) is 2.23. The standard InChI is InChI=1S/C15H20O6/c16-10(6-5-9-3-1-2-4-11(9)17)7-13-15(20)14(19)12(18)8-21-13/h1-6,10,12-20H,7-8H2/b6-5+/t10?,12-,13?,14+,15+/m1/s1. The molecular weight excluding hydrogens is 276 g/mol. The molecule has 5 N–H and O–H groups in total. The molecule has 6 heteroatoms. The van der Waals surface area contributed by atoms with E-state index in [1.165, 1.54) is 12.1 Å². The van der Waals surface area contributed by atoms with E-state index in [0.29, 0.717) is 5.56 Å². The van der Waals surface area contributed by atoms with Crippen LogP contribution in [-0.4, -0.2) is 62.7 Å². The van der Waals surface area contributed by atoms with Gasteiger partial charge in [-0.05, 0) is 6.07 Å². The van der Waals surface area contributed by atoms with Crippen molar-refractivity contribution in [3.8, 4) is 5.75 Å². The lowest BCUT2D eigenvalue weighted by atomic mass is 9.96. The normalized spacial score (nSPS) is 31.4. The average molecular weight is 296 g/mol. The molecule has 0 aliphatic carbocycles. The number of phenolic OH excluding ortho intramolecular Hbond substituents is 1. The molecule has 116 valence electrons. The third-order valence-electron chi connectivity index (χ3n) is 3.51. The average Bonchev–Trinajstić information content (AvgIpc) is 2.47. The Morgan fingerprint density at radius 3 is 2.62 bits per heavy atom. The lowest BCUT2D eigenvalue weighted by molar-refractivity contribution is -0.191. The van der Waals surface area contributed by atoms with Crippen LogP contribution >= 0.6 is 0 Å². The zero-order valence-corrected chi connectivity index (χ0v) is 11.4. The van der Waals surface area contributed by atoms with Gasteiger partial charge in [-0.25, -0.2) is 0 Å². The van der Waals surface area contributed by atoms with Crippen LogP contribution in [0.3, 0.4) is 0 Å². The predicted octanol–water partition coefficient (Wildman–Crippen LogP) is -0.362. The number of ether oxygens (including phenoxy) is 1. The summed E-state index contributed by atoms with van der Waals surface area (Å²) in [6.45, 7) is -0.0845. The first-order chi connectivity index (χ1) is 9.99. The number of hydrogen-bond donors (Lipinski definition) is 5. The first-order valence-corrected chi connectivity index (χ1v) is 6.79. The van der Waals surface area contributed by atoms with Gasteiger partial charge < -0.3 is 30.3 Å². The topological polar surface area (TPSA) is 110 Å². The van der Waals surface area contributed by atoms with E-state index in [0.717, 1.165) is 0 Å². The number of benzene rings is 1. The molecule has 0 radical (unpaired) electrons. The molecule has 2 rings (SSSR count). The molecule has 21 heavy (non-hydrogen) atoms. The molecule has 1 aromatic rings. The molecule has 1 saturated heterocycles. The van der Waals surface area contributed by atoms with Crippen LogP contribution in [0.4, 0.5) is 0 Å². The first-order valence-electron chi connectivity index (χ1n) is 6.79. The van der Waals surface area contributed by atoms with Crippen LogP contribution in [0.2, 0.25) is 0 Å². The Morgan fingerprint density at radius 2 is 1.90 bits per heavy atom. The van der Waals surface area contributed by atoms with Crippen LogP contribution in [0.1, 0.15) is 12.0 Å². The lowest BCUT2D eigenvalue weighted by Crippen LogP contribution is -2.53. The van der Waals surface area contributed by atoms with E-state index >= 15 is 0 Å². The molecule has 1 fully saturated rings. The Bertz CT molecular complexity index is 489. The van der Waals surface area contributed by atoms with Gasteiger partial charge in [0, 0.05) is 12.0 Å². The van der Waals surface area contributed by atoms with E-state index in [1.54, 1.807) is 24.3 Å². The summed E-state index contributed by atoms with van der Waals surface area (Å²) in [5.41, 5.74) is 0.567. The van der Waals surface area contributed by atoms with Crippen molar-refractivity contribution in [3.63, 3.8) is 0 Å². The van der Waals surface area contributed by atoms with E-state index in [9.17, 15) is 25.5 Å². The van der Waals surface area contributed by atoms with Crippen molar-refractivity contribution in [2.24, 2.45) is 0 Å². The second-order valence-corrected chi connectivity index (χ2v) is 5.14. The summed E-state index contributed by atoms with van der Waals surface area (Å²) in [7, 11) is 0. The van der Waals surface area contributed by atoms with Gasteiger partial charge in [0.2, 0.25) is 0 Å². The molecule has 1 aliphatic rings. The summed E-state index contributed by atoms with van der Waals surface area (Å²) >= 11 is 0. The molecule has 1 heterocycles. The molecule has 1 aliphatic heterocycles. The highest BCUT2D eigenvalue weighted by Crippen LogP contribution is 2.21. The molecule has 6 nitrogen and oxygen atoms in total. The largest absolute Gasteiger partial charge is 0.507 e. The van der Waals surface area contributed by atoms with Crippen molar-refractivity contribution in [2.75, 3.05) is 6.61 Å². The summed E-state index contributed by atoms with van der Waals surface area (Å²) in [6.07, 6.45) is -2.19. The van der Waals surface area contributed by atoms with Gasteiger partial charge in [-0.3, -0.25) is 0 Å². The van der Waals surface area contributed by atoms with Gasteiger partial charge in [-0.15, -0.1) is 0 Å². The summed E-state index contributed by atoms with van der Waals surface area (Å²) in [6, 6.07) is 6.70. The van der Waals surface area contributed by atoms with Gasteiger partial charge in [0.1, 0.15) is 24.1 Å². The molecule has 2 unspecified atom stereocenters. The molecular formula is C15H20O6. The Hall–Kier alpha value is -1.44. The number of aliphatic hydroxyl groups is 4. The van der Waals surface area contributed by atoms with Crippen molar-refractivity contribution in [1.82, 2.24) is 0 Å². The van der Waals surface area contributed by atoms with Crippen LogP contribution in [0, 0.1) is 0 Å². The maximum Gasteiger partial charge on any atom is 0.122 e. The number of aliphatic hydroxyl groups excluding tert-OH is 4. The maximum absolute atomic E-state index is 9.92. The molecule has 5 atom stereocenters. The first kappa shape index (κ1) is 15.9. The van der Waals surface area contributed by atoms with Gasteiger partial charge in [0.15, 0.2) is 0 Å². The monoisotopic (exact) mass is 296 g/mol. The highest BCUT2D eigenvalue weighted by atomic mass is 16.5. The van der Waals surface area contributed by atoms with Gasteiger partial charge >= 0.3 is 0 Å². The molecule has 1 aromatic carbocycles. The van der Waals surface area contributed by atoms with Crippen LogP contribution in [0.15, 0.2) is 30.3 Å². The number of hydrogen-bond acceptors (Lipinski definition) is 6. The fourth-order valence-corrected chi connectivity index (χ4v) is 2.23. The number of aromatic hydroxyl groups is 1. The van der Waals surface area contributed by atoms with Gasteiger partial charge in [0.05, 0.1) is 18.8 Å². The van der Waals surface area contributed by atoms with E-state index in [2.05, 4.69) is 0 Å². The van der Waals surface area contributed by atoms with Gasteiger partial charge in [-0.1, -0.05) is 30.4 Å². The Balaban J connectivity index is 1.93. The second kappa shape index (κ2) is 7.02. The van der Waals surface area contributed by atoms with Crippen molar-refractivity contribution in [3.05, 3.63) is 35.9 Å². The van der Waals surface area contributed by atoms with Crippen LogP contribution in [0.5, 0.6) is 5.75 Å². The van der Waals surface area contributed by atoms with E-state index in [-0.39, 0.29) is 18.8 Å². The Morgan fingerprint density at radius 1 is 1.19 bits per heavy atom. The summed E-state index contributed by atoms with van der Waals surface area (Å²) in [4.78, 5) is 0. The Kier molecular flexibility index (Phi) is 5.33. The summed E-state index contributed by atoms with van der Waals surface area (Å²) < 4.78 is 5.22. The predicted molar refractivity (Wildman–Crippen MR) is 75.5 cm³/mol. The highest BCUT2D eigenvalue weighted by molar-refractivity contribution is 5.56. The van der Waals surface area contributed by atoms with Gasteiger partial charge in [0.25, 0.3) is 0 Å². The fraction of sp³-hybridized carbons (Fsp3) is 0.467. The van der Waals surface area contributed by atoms with Gasteiger partial charge in [-0.2, -0.15) is 0 Å². The van der Waals surface area contributed by atoms with Crippen LogP contribution in [-0.2, 0) is 4.74 Å². The number of phenols is 1. The lowest BCUT2D eigenvalue weighted by Gasteiger charge is -2.35. The number of rotatable bonds is 4. The third kappa shape index (κ3) is 4.03. The smallest absolute Gasteiger partial charge is 0.122 e. The SMILES string of the molecule is Oc1ccccc1/C=C/C(O)CC1OC[C@@H](O)[C@H](O)[C@H]1O. The Labute approximate surface area is 122 Å². The molecule has 0 spiro atoms. The quantitative estimate of drug-likeness (QED) is 0.519. The molecule has 0 amide bonds. The molecule has 0 bridgehead atoms. The van der Waals surface area contributed by atoms with Crippen molar-refractivity contribution in [2.45, 2.75) is 36.9 Å². The zero-order valence-electron chi connectivity index (χ0n) is 11.4. The summed E-state index contributed by atoms with van der Waals surface area (Å²) in [5.74, 6) is 0.105. The van der Waals surface area contributed by atoms with E-state index < -0.39 is 30.5 Å². The zero-order chi connectivity index (χ0) is 15.4. The van der Waals surface area contributed by atoms with Crippen LogP contribution in [0.25, 0.3) is 6.08 Å². The van der Waals surface area contributed by atoms with E-state index in [1.807, 2.05) is 0 Å². The van der Waals surface area contributed by atoms with Crippen molar-refractivity contribution in [1.29, 1.82) is 0 Å². The molecule has 0 saturated carbocycles. The summed E-state index contributed by atoms with van der Waals surface area (Å²) in [5, 5.41) is 48.2. The highest BCUT2D eigenvalue weighted by Gasteiger charge is 2.37. The molecule has 0 aromatic heterocycles. The van der Waals surface area contributed by atoms with Crippen LogP contribution < -0.4 is 0 Å². The van der Waals surface area contributed by atoms with E-state index in [4.69, 9.17) is 4.74 Å². The minimum atomic E-state index is -1.28. The maximum atomic E-state index is 9.92. The minimum absolute atomic E-state index is 0.0784. The van der Waals surface area contributed by atoms with Crippen molar-refractivity contribution >= 4 is 6.08 Å².